The highest BCUT2D eigenvalue weighted by Crippen LogP contribution is 2.25. The molecule has 0 spiro atoms. The molecule has 0 amide bonds. The van der Waals surface area contributed by atoms with Gasteiger partial charge < -0.3 is 5.73 Å². The Morgan fingerprint density at radius 1 is 1.35 bits per heavy atom. The van der Waals surface area contributed by atoms with Crippen molar-refractivity contribution in [2.75, 3.05) is 13.1 Å². The van der Waals surface area contributed by atoms with Gasteiger partial charge in [-0.15, -0.1) is 11.3 Å². The number of hydrogen-bond donors (Lipinski definition) is 1. The molecule has 0 bridgehead atoms. The van der Waals surface area contributed by atoms with E-state index in [0.29, 0.717) is 12.0 Å². The minimum Gasteiger partial charge on any atom is -0.330 e. The van der Waals surface area contributed by atoms with Crippen LogP contribution in [0.5, 0.6) is 0 Å². The summed E-state index contributed by atoms with van der Waals surface area (Å²) in [6.07, 6.45) is 3.76. The highest BCUT2D eigenvalue weighted by atomic mass is 32.1. The first-order valence-corrected chi connectivity index (χ1v) is 7.56. The first kappa shape index (κ1) is 13.1. The second kappa shape index (κ2) is 5.98. The number of hydrogen-bond acceptors (Lipinski definition) is 3. The quantitative estimate of drug-likeness (QED) is 0.893. The van der Waals surface area contributed by atoms with E-state index in [4.69, 9.17) is 5.73 Å². The molecule has 2 N–H and O–H groups in total. The molecule has 2 atom stereocenters. The van der Waals surface area contributed by atoms with Gasteiger partial charge in [-0.05, 0) is 50.8 Å². The third-order valence-electron chi connectivity index (χ3n) is 3.87. The second-order valence-electron chi connectivity index (χ2n) is 5.18. The minimum absolute atomic E-state index is 0.705. The maximum atomic E-state index is 5.81. The highest BCUT2D eigenvalue weighted by molar-refractivity contribution is 7.11. The lowest BCUT2D eigenvalue weighted by molar-refractivity contribution is 0.114. The number of thiophene rings is 1. The van der Waals surface area contributed by atoms with Gasteiger partial charge in [0.25, 0.3) is 0 Å². The van der Waals surface area contributed by atoms with Gasteiger partial charge in [-0.25, -0.2) is 0 Å². The summed E-state index contributed by atoms with van der Waals surface area (Å²) in [6, 6.07) is 5.28. The van der Waals surface area contributed by atoms with Gasteiger partial charge in [-0.2, -0.15) is 0 Å². The van der Waals surface area contributed by atoms with E-state index in [9.17, 15) is 0 Å². The molecule has 1 aromatic rings. The van der Waals surface area contributed by atoms with Gasteiger partial charge in [-0.1, -0.05) is 6.92 Å². The van der Waals surface area contributed by atoms with Crippen molar-refractivity contribution >= 4 is 11.3 Å². The van der Waals surface area contributed by atoms with Crippen LogP contribution in [0.3, 0.4) is 0 Å². The maximum absolute atomic E-state index is 5.81. The summed E-state index contributed by atoms with van der Waals surface area (Å²) < 4.78 is 0. The van der Waals surface area contributed by atoms with E-state index in [1.165, 1.54) is 29.1 Å². The number of nitrogens with two attached hydrogens (primary N) is 1. The van der Waals surface area contributed by atoms with Crippen LogP contribution in [0.2, 0.25) is 0 Å². The molecule has 0 aromatic carbocycles. The van der Waals surface area contributed by atoms with Crippen molar-refractivity contribution in [3.05, 3.63) is 21.9 Å². The topological polar surface area (TPSA) is 29.3 Å². The second-order valence-corrected chi connectivity index (χ2v) is 6.43. The molecule has 1 saturated heterocycles. The molecule has 1 aromatic heterocycles. The fourth-order valence-corrected chi connectivity index (χ4v) is 3.56. The molecule has 96 valence electrons. The molecule has 2 heterocycles. The van der Waals surface area contributed by atoms with E-state index in [1.807, 2.05) is 11.3 Å². The van der Waals surface area contributed by atoms with Gasteiger partial charge in [0.2, 0.25) is 0 Å². The van der Waals surface area contributed by atoms with Crippen LogP contribution in [0.4, 0.5) is 0 Å². The molecule has 17 heavy (non-hydrogen) atoms. The van der Waals surface area contributed by atoms with E-state index >= 15 is 0 Å². The Hall–Kier alpha value is -0.380. The van der Waals surface area contributed by atoms with Crippen LogP contribution in [0.25, 0.3) is 0 Å². The van der Waals surface area contributed by atoms with Crippen LogP contribution in [-0.4, -0.2) is 24.0 Å². The monoisotopic (exact) mass is 252 g/mol. The van der Waals surface area contributed by atoms with E-state index < -0.39 is 0 Å². The molecule has 0 aliphatic carbocycles. The van der Waals surface area contributed by atoms with Crippen LogP contribution in [0, 0.1) is 5.92 Å². The van der Waals surface area contributed by atoms with Crippen molar-refractivity contribution in [2.24, 2.45) is 11.7 Å². The van der Waals surface area contributed by atoms with Crippen LogP contribution in [-0.2, 0) is 13.0 Å². The molecular formula is C14H24N2S. The summed E-state index contributed by atoms with van der Waals surface area (Å²) in [4.78, 5) is 5.61. The predicted octanol–water partition coefficient (Wildman–Crippen LogP) is 2.87. The molecule has 0 radical (unpaired) electrons. The number of likely N-dealkylation sites (tertiary alicyclic amines) is 1. The summed E-state index contributed by atoms with van der Waals surface area (Å²) in [6.45, 7) is 7.71. The number of rotatable bonds is 4. The third kappa shape index (κ3) is 3.30. The SMILES string of the molecule is CCc1ccc(CN2CC(CN)CCC2C)s1. The maximum Gasteiger partial charge on any atom is 0.0330 e. The Labute approximate surface area is 109 Å². The number of piperidine rings is 1. The summed E-state index contributed by atoms with van der Waals surface area (Å²) in [5, 5.41) is 0. The van der Waals surface area contributed by atoms with Crippen LogP contribution >= 0.6 is 11.3 Å². The number of nitrogens with zero attached hydrogens (tertiary/aromatic N) is 1. The van der Waals surface area contributed by atoms with Gasteiger partial charge in [-0.3, -0.25) is 4.90 Å². The number of aryl methyl sites for hydroxylation is 1. The lowest BCUT2D eigenvalue weighted by Gasteiger charge is -2.37. The Bertz CT molecular complexity index is 348. The van der Waals surface area contributed by atoms with E-state index in [-0.39, 0.29) is 0 Å². The summed E-state index contributed by atoms with van der Waals surface area (Å²) in [5.41, 5.74) is 5.81. The lowest BCUT2D eigenvalue weighted by Crippen LogP contribution is -2.43. The zero-order chi connectivity index (χ0) is 12.3. The van der Waals surface area contributed by atoms with E-state index in [0.717, 1.165) is 19.5 Å². The minimum atomic E-state index is 0.705. The summed E-state index contributed by atoms with van der Waals surface area (Å²) in [5.74, 6) is 0.705. The molecule has 3 heteroatoms. The lowest BCUT2D eigenvalue weighted by atomic mass is 9.93. The van der Waals surface area contributed by atoms with E-state index in [2.05, 4.69) is 30.9 Å². The largest absolute Gasteiger partial charge is 0.330 e. The third-order valence-corrected chi connectivity index (χ3v) is 5.08. The average molecular weight is 252 g/mol. The molecular weight excluding hydrogens is 228 g/mol. The van der Waals surface area contributed by atoms with Gasteiger partial charge in [0.1, 0.15) is 0 Å². The standard InChI is InChI=1S/C14H24N2S/c1-3-13-6-7-14(17-13)10-16-9-12(8-15)5-4-11(16)2/h6-7,11-12H,3-5,8-10,15H2,1-2H3. The first-order valence-electron chi connectivity index (χ1n) is 6.74. The first-order chi connectivity index (χ1) is 8.22. The van der Waals surface area contributed by atoms with Crippen molar-refractivity contribution in [3.8, 4) is 0 Å². The predicted molar refractivity (Wildman–Crippen MR) is 75.3 cm³/mol. The molecule has 0 saturated carbocycles. The van der Waals surface area contributed by atoms with E-state index in [1.54, 1.807) is 0 Å². The Morgan fingerprint density at radius 3 is 2.76 bits per heavy atom. The molecule has 2 unspecified atom stereocenters. The molecule has 1 aliphatic rings. The highest BCUT2D eigenvalue weighted by Gasteiger charge is 2.24. The fourth-order valence-electron chi connectivity index (χ4n) is 2.57. The van der Waals surface area contributed by atoms with Crippen molar-refractivity contribution in [1.29, 1.82) is 0 Å². The molecule has 2 nitrogen and oxygen atoms in total. The zero-order valence-electron chi connectivity index (χ0n) is 11.0. The zero-order valence-corrected chi connectivity index (χ0v) is 11.8. The van der Waals surface area contributed by atoms with Crippen molar-refractivity contribution in [2.45, 2.75) is 45.7 Å². The smallest absolute Gasteiger partial charge is 0.0330 e. The fraction of sp³-hybridized carbons (Fsp3) is 0.714. The molecule has 2 rings (SSSR count). The summed E-state index contributed by atoms with van der Waals surface area (Å²) in [7, 11) is 0. The molecule has 1 fully saturated rings. The van der Waals surface area contributed by atoms with Crippen molar-refractivity contribution in [3.63, 3.8) is 0 Å². The van der Waals surface area contributed by atoms with Crippen LogP contribution < -0.4 is 5.73 Å². The van der Waals surface area contributed by atoms with Gasteiger partial charge in [0.05, 0.1) is 0 Å². The van der Waals surface area contributed by atoms with Gasteiger partial charge >= 0.3 is 0 Å². The Balaban J connectivity index is 1.96. The summed E-state index contributed by atoms with van der Waals surface area (Å²) >= 11 is 1.96. The normalized spacial score (nSPS) is 26.3. The Morgan fingerprint density at radius 2 is 2.12 bits per heavy atom. The Kier molecular flexibility index (Phi) is 4.60. The van der Waals surface area contributed by atoms with Gasteiger partial charge in [0, 0.05) is 28.9 Å². The molecule has 1 aliphatic heterocycles. The van der Waals surface area contributed by atoms with Crippen LogP contribution in [0.15, 0.2) is 12.1 Å². The van der Waals surface area contributed by atoms with Crippen molar-refractivity contribution < 1.29 is 0 Å². The van der Waals surface area contributed by atoms with Crippen LogP contribution in [0.1, 0.15) is 36.4 Å². The van der Waals surface area contributed by atoms with Crippen molar-refractivity contribution in [1.82, 2.24) is 4.90 Å². The van der Waals surface area contributed by atoms with Gasteiger partial charge in [0.15, 0.2) is 0 Å². The average Bonchev–Trinajstić information content (AvgIpc) is 2.80.